The maximum absolute atomic E-state index is 11.8. The van der Waals surface area contributed by atoms with Crippen molar-refractivity contribution in [1.29, 1.82) is 0 Å². The van der Waals surface area contributed by atoms with Gasteiger partial charge in [0.05, 0.1) is 18.5 Å². The quantitative estimate of drug-likeness (QED) is 0.136. The average Bonchev–Trinajstić information content (AvgIpc) is 2.74. The number of urea groups is 1. The van der Waals surface area contributed by atoms with Crippen molar-refractivity contribution in [3.63, 3.8) is 0 Å². The van der Waals surface area contributed by atoms with Gasteiger partial charge in [0, 0.05) is 13.0 Å². The molecule has 0 bridgehead atoms. The normalized spacial score (nSPS) is 25.6. The number of nitrogens with one attached hydrogen (secondary N) is 2. The Labute approximate surface area is 185 Å². The van der Waals surface area contributed by atoms with Crippen molar-refractivity contribution in [3.05, 3.63) is 18.3 Å². The second kappa shape index (κ2) is 12.1. The fourth-order valence-electron chi connectivity index (χ4n) is 2.92. The molecule has 1 aromatic heterocycles. The number of ether oxygens (including phenoxy) is 2. The highest BCUT2D eigenvalue weighted by molar-refractivity contribution is 7.51. The van der Waals surface area contributed by atoms with Crippen LogP contribution in [0.2, 0.25) is 0 Å². The van der Waals surface area contributed by atoms with Crippen molar-refractivity contribution in [2.24, 2.45) is 0 Å². The van der Waals surface area contributed by atoms with Crippen molar-refractivity contribution in [3.8, 4) is 18.1 Å². The van der Waals surface area contributed by atoms with Gasteiger partial charge in [0.25, 0.3) is 0 Å². The SMILES string of the molecule is C#CCCCCNC(=O)Nc1ccc(O[C@H]2O[C@H](CCP(=O)(O)O)[C@@H](O)[C@H](O)[C@@H]2O)cn1. The number of nitrogens with zero attached hydrogens (tertiary/aromatic N) is 1. The first-order chi connectivity index (χ1) is 15.1. The third-order valence-electron chi connectivity index (χ3n) is 4.64. The molecule has 1 fully saturated rings. The molecule has 0 unspecified atom stereocenters. The van der Waals surface area contributed by atoms with Crippen LogP contribution < -0.4 is 15.4 Å². The van der Waals surface area contributed by atoms with Crippen molar-refractivity contribution in [2.75, 3.05) is 18.0 Å². The van der Waals surface area contributed by atoms with Crippen LogP contribution in [-0.2, 0) is 9.30 Å². The summed E-state index contributed by atoms with van der Waals surface area (Å²) >= 11 is 0. The summed E-state index contributed by atoms with van der Waals surface area (Å²) in [5.74, 6) is 2.89. The Morgan fingerprint density at radius 2 is 1.97 bits per heavy atom. The summed E-state index contributed by atoms with van der Waals surface area (Å²) in [6.07, 6.45) is 0.393. The third-order valence-corrected chi connectivity index (χ3v) is 5.48. The number of rotatable bonds is 10. The van der Waals surface area contributed by atoms with Crippen LogP contribution in [0.5, 0.6) is 5.75 Å². The number of carbonyl (C=O) groups is 1. The number of hydrogen-bond acceptors (Lipinski definition) is 8. The summed E-state index contributed by atoms with van der Waals surface area (Å²) in [6.45, 7) is 0.461. The van der Waals surface area contributed by atoms with E-state index < -0.39 is 50.5 Å². The first kappa shape index (κ1) is 26.0. The maximum Gasteiger partial charge on any atom is 0.325 e. The largest absolute Gasteiger partial charge is 0.460 e. The lowest BCUT2D eigenvalue weighted by Gasteiger charge is -2.40. The molecule has 2 heterocycles. The highest BCUT2D eigenvalue weighted by atomic mass is 31.2. The van der Waals surface area contributed by atoms with Gasteiger partial charge in [0.2, 0.25) is 6.29 Å². The topological polar surface area (TPSA) is 191 Å². The van der Waals surface area contributed by atoms with E-state index in [9.17, 15) is 24.7 Å². The van der Waals surface area contributed by atoms with E-state index in [1.165, 1.54) is 18.3 Å². The lowest BCUT2D eigenvalue weighted by molar-refractivity contribution is -0.272. The molecule has 2 amide bonds. The molecule has 0 aliphatic carbocycles. The molecule has 32 heavy (non-hydrogen) atoms. The summed E-state index contributed by atoms with van der Waals surface area (Å²) in [4.78, 5) is 33.9. The summed E-state index contributed by atoms with van der Waals surface area (Å²) in [5.41, 5.74) is 0. The average molecular weight is 473 g/mol. The predicted octanol–water partition coefficient (Wildman–Crippen LogP) is -0.239. The van der Waals surface area contributed by atoms with Gasteiger partial charge in [0.1, 0.15) is 29.9 Å². The van der Waals surface area contributed by atoms with Gasteiger partial charge in [-0.3, -0.25) is 9.88 Å². The highest BCUT2D eigenvalue weighted by Crippen LogP contribution is 2.37. The van der Waals surface area contributed by atoms with Crippen LogP contribution >= 0.6 is 7.60 Å². The Morgan fingerprint density at radius 3 is 2.59 bits per heavy atom. The number of terminal acetylenes is 1. The highest BCUT2D eigenvalue weighted by Gasteiger charge is 2.45. The molecule has 0 saturated carbocycles. The summed E-state index contributed by atoms with van der Waals surface area (Å²) in [5, 5.41) is 35.3. The molecule has 0 aromatic carbocycles. The summed E-state index contributed by atoms with van der Waals surface area (Å²) in [7, 11) is -4.34. The van der Waals surface area contributed by atoms with E-state index in [2.05, 4.69) is 21.5 Å². The molecule has 2 rings (SSSR count). The van der Waals surface area contributed by atoms with Crippen LogP contribution in [0.1, 0.15) is 25.7 Å². The van der Waals surface area contributed by atoms with Crippen LogP contribution in [-0.4, -0.2) is 79.5 Å². The molecule has 1 aromatic rings. The lowest BCUT2D eigenvalue weighted by atomic mass is 9.97. The Morgan fingerprint density at radius 1 is 1.22 bits per heavy atom. The number of aromatic nitrogens is 1. The fraction of sp³-hybridized carbons (Fsp3) is 0.579. The van der Waals surface area contributed by atoms with Gasteiger partial charge >= 0.3 is 13.6 Å². The zero-order valence-electron chi connectivity index (χ0n) is 17.2. The Bertz CT molecular complexity index is 826. The molecule has 1 aliphatic rings. The first-order valence-electron chi connectivity index (χ1n) is 9.96. The van der Waals surface area contributed by atoms with Gasteiger partial charge in [-0.1, -0.05) is 0 Å². The van der Waals surface area contributed by atoms with E-state index in [1.807, 2.05) is 0 Å². The Kier molecular flexibility index (Phi) is 9.86. The molecule has 7 N–H and O–H groups in total. The number of aliphatic hydroxyl groups excluding tert-OH is 3. The molecule has 1 saturated heterocycles. The van der Waals surface area contributed by atoms with Gasteiger partial charge < -0.3 is 39.9 Å². The van der Waals surface area contributed by atoms with E-state index in [0.29, 0.717) is 13.0 Å². The molecule has 0 spiro atoms. The van der Waals surface area contributed by atoms with Crippen molar-refractivity contribution >= 4 is 19.4 Å². The number of pyridine rings is 1. The van der Waals surface area contributed by atoms with Gasteiger partial charge in [-0.2, -0.15) is 0 Å². The van der Waals surface area contributed by atoms with Crippen molar-refractivity contribution in [2.45, 2.75) is 56.4 Å². The van der Waals surface area contributed by atoms with E-state index in [-0.39, 0.29) is 18.0 Å². The van der Waals surface area contributed by atoms with Gasteiger partial charge in [-0.15, -0.1) is 12.3 Å². The summed E-state index contributed by atoms with van der Waals surface area (Å²) < 4.78 is 21.9. The van der Waals surface area contributed by atoms with E-state index in [4.69, 9.17) is 25.7 Å². The van der Waals surface area contributed by atoms with Crippen LogP contribution in [0.3, 0.4) is 0 Å². The standard InChI is InChI=1S/C19H28N3O9P/c1-2-3-4-5-9-20-19(26)22-14-7-6-12(11-21-14)30-18-17(25)16(24)15(23)13(31-18)8-10-32(27,28)29/h1,6-7,11,13,15-18,23-25H,3-5,8-10H2,(H2,27,28,29)(H2,20,21,22,26)/t13-,15-,16+,17+,18+/m1/s1. The zero-order valence-corrected chi connectivity index (χ0v) is 18.1. The minimum Gasteiger partial charge on any atom is -0.460 e. The zero-order chi connectivity index (χ0) is 23.7. The van der Waals surface area contributed by atoms with Gasteiger partial charge in [-0.25, -0.2) is 9.78 Å². The smallest absolute Gasteiger partial charge is 0.325 e. The first-order valence-corrected chi connectivity index (χ1v) is 11.8. The van der Waals surface area contributed by atoms with Crippen LogP contribution in [0.4, 0.5) is 10.6 Å². The lowest BCUT2D eigenvalue weighted by Crippen LogP contribution is -2.59. The van der Waals surface area contributed by atoms with E-state index >= 15 is 0 Å². The predicted molar refractivity (Wildman–Crippen MR) is 113 cm³/mol. The van der Waals surface area contributed by atoms with E-state index in [1.54, 1.807) is 0 Å². The molecule has 5 atom stereocenters. The second-order valence-electron chi connectivity index (χ2n) is 7.23. The third kappa shape index (κ3) is 8.37. The minimum atomic E-state index is -4.34. The van der Waals surface area contributed by atoms with Gasteiger partial charge in [-0.05, 0) is 31.4 Å². The maximum atomic E-state index is 11.8. The molecule has 0 radical (unpaired) electrons. The van der Waals surface area contributed by atoms with E-state index in [0.717, 1.165) is 12.8 Å². The number of aliphatic hydroxyl groups is 3. The van der Waals surface area contributed by atoms with Crippen LogP contribution in [0.15, 0.2) is 18.3 Å². The van der Waals surface area contributed by atoms with Crippen molar-refractivity contribution in [1.82, 2.24) is 10.3 Å². The Balaban J connectivity index is 1.89. The van der Waals surface area contributed by atoms with Crippen LogP contribution in [0.25, 0.3) is 0 Å². The second-order valence-corrected chi connectivity index (χ2v) is 9.01. The molecule has 12 nitrogen and oxygen atoms in total. The fourth-order valence-corrected chi connectivity index (χ4v) is 3.51. The molecule has 1 aliphatic heterocycles. The molecule has 178 valence electrons. The summed E-state index contributed by atoms with van der Waals surface area (Å²) in [6, 6.07) is 2.44. The number of anilines is 1. The van der Waals surface area contributed by atoms with Crippen molar-refractivity contribution < 1.29 is 43.9 Å². The Hall–Kier alpha value is -2.23. The number of unbranched alkanes of at least 4 members (excludes halogenated alkanes) is 2. The molecule has 13 heteroatoms. The minimum absolute atomic E-state index is 0.131. The van der Waals surface area contributed by atoms with Crippen LogP contribution in [0, 0.1) is 12.3 Å². The molecular weight excluding hydrogens is 445 g/mol. The number of hydrogen-bond donors (Lipinski definition) is 7. The van der Waals surface area contributed by atoms with Gasteiger partial charge in [0.15, 0.2) is 0 Å². The molecular formula is C19H28N3O9P. The monoisotopic (exact) mass is 473 g/mol. The number of carbonyl (C=O) groups excluding carboxylic acids is 1. The number of amides is 2.